The smallest absolute Gasteiger partial charge is 0.203 e. The number of hydrogen-bond acceptors (Lipinski definition) is 4. The maximum atomic E-state index is 5.45. The first-order valence-corrected chi connectivity index (χ1v) is 8.15. The van der Waals surface area contributed by atoms with Crippen LogP contribution < -0.4 is 19.5 Å². The molecule has 23 heavy (non-hydrogen) atoms. The molecular weight excluding hydrogens is 292 g/mol. The first kappa shape index (κ1) is 15.9. The number of methoxy groups -OCH3 is 3. The summed E-state index contributed by atoms with van der Waals surface area (Å²) in [6.07, 6.45) is 9.19. The van der Waals surface area contributed by atoms with E-state index in [0.717, 1.165) is 11.1 Å². The van der Waals surface area contributed by atoms with Crippen LogP contribution in [0.1, 0.15) is 31.2 Å². The highest BCUT2D eigenvalue weighted by molar-refractivity contribution is 6.09. The predicted molar refractivity (Wildman–Crippen MR) is 90.5 cm³/mol. The van der Waals surface area contributed by atoms with Crippen LogP contribution >= 0.6 is 0 Å². The number of hydrogen-bond donors (Lipinski definition) is 1. The first-order chi connectivity index (χ1) is 11.3. The van der Waals surface area contributed by atoms with Crippen LogP contribution in [-0.4, -0.2) is 39.6 Å². The first-order valence-electron chi connectivity index (χ1n) is 8.15. The van der Waals surface area contributed by atoms with Crippen LogP contribution in [0.4, 0.5) is 0 Å². The lowest BCUT2D eigenvalue weighted by atomic mass is 9.91. The van der Waals surface area contributed by atoms with Gasteiger partial charge in [-0.15, -0.1) is 0 Å². The van der Waals surface area contributed by atoms with E-state index in [0.29, 0.717) is 29.3 Å². The molecule has 2 unspecified atom stereocenters. The molecule has 1 heterocycles. The third-order valence-corrected chi connectivity index (χ3v) is 4.71. The number of fused-ring (bicyclic) bond motifs is 1. The minimum Gasteiger partial charge on any atom is -0.493 e. The number of ether oxygens (including phenoxy) is 3. The van der Waals surface area contributed by atoms with Crippen molar-refractivity contribution in [1.29, 1.82) is 0 Å². The number of rotatable bonds is 4. The van der Waals surface area contributed by atoms with Crippen LogP contribution in [0.5, 0.6) is 17.2 Å². The Morgan fingerprint density at radius 2 is 1.70 bits per heavy atom. The molecule has 1 saturated carbocycles. The van der Waals surface area contributed by atoms with Crippen molar-refractivity contribution in [3.8, 4) is 17.2 Å². The number of nitrogens with zero attached hydrogens (tertiary/aromatic N) is 1. The second kappa shape index (κ2) is 7.04. The normalized spacial score (nSPS) is 23.5. The van der Waals surface area contributed by atoms with E-state index in [1.165, 1.54) is 25.7 Å². The molecule has 0 amide bonds. The van der Waals surface area contributed by atoms with Gasteiger partial charge in [-0.05, 0) is 30.5 Å². The summed E-state index contributed by atoms with van der Waals surface area (Å²) in [6, 6.07) is 4.95. The lowest BCUT2D eigenvalue weighted by molar-refractivity contribution is -0.630. The quantitative estimate of drug-likeness (QED) is 0.924. The zero-order valence-electron chi connectivity index (χ0n) is 14.0. The zero-order valence-corrected chi connectivity index (χ0v) is 14.0. The van der Waals surface area contributed by atoms with Crippen LogP contribution in [0.15, 0.2) is 23.3 Å². The molecule has 124 valence electrons. The Hall–Kier alpha value is -2.01. The van der Waals surface area contributed by atoms with Crippen LogP contribution in [-0.2, 0) is 0 Å². The summed E-state index contributed by atoms with van der Waals surface area (Å²) in [7, 11) is 4.89. The molecule has 2 aliphatic rings. The SMILES string of the molecule is COc1cc(C2=C[NH2+]C3CCCCC3N=C2)cc(OC)c1OC. The molecule has 5 heteroatoms. The Labute approximate surface area is 137 Å². The van der Waals surface area contributed by atoms with Gasteiger partial charge in [-0.1, -0.05) is 6.42 Å². The van der Waals surface area contributed by atoms with E-state index < -0.39 is 0 Å². The van der Waals surface area contributed by atoms with Crippen LogP contribution in [0.3, 0.4) is 0 Å². The fourth-order valence-corrected chi connectivity index (χ4v) is 3.41. The van der Waals surface area contributed by atoms with Gasteiger partial charge >= 0.3 is 0 Å². The van der Waals surface area contributed by atoms with Crippen LogP contribution in [0.25, 0.3) is 5.57 Å². The molecule has 5 nitrogen and oxygen atoms in total. The third-order valence-electron chi connectivity index (χ3n) is 4.71. The largest absolute Gasteiger partial charge is 0.493 e. The van der Waals surface area contributed by atoms with E-state index in [1.807, 2.05) is 18.3 Å². The number of nitrogens with two attached hydrogens (primary N) is 1. The average molecular weight is 317 g/mol. The fourth-order valence-electron chi connectivity index (χ4n) is 3.41. The minimum absolute atomic E-state index is 0.430. The van der Waals surface area contributed by atoms with E-state index in [1.54, 1.807) is 21.3 Å². The molecule has 3 rings (SSSR count). The summed E-state index contributed by atoms with van der Waals surface area (Å²) in [5.41, 5.74) is 2.11. The molecule has 2 atom stereocenters. The molecule has 0 aromatic heterocycles. The van der Waals surface area contributed by atoms with Gasteiger partial charge in [0.05, 0.1) is 26.9 Å². The number of benzene rings is 1. The Morgan fingerprint density at radius 3 is 2.35 bits per heavy atom. The predicted octanol–water partition coefficient (Wildman–Crippen LogP) is 2.01. The number of allylic oxidation sites excluding steroid dienone is 1. The average Bonchev–Trinajstić information content (AvgIpc) is 2.83. The summed E-state index contributed by atoms with van der Waals surface area (Å²) in [5.74, 6) is 1.94. The van der Waals surface area contributed by atoms with E-state index in [2.05, 4.69) is 11.5 Å². The molecule has 1 aliphatic carbocycles. The van der Waals surface area contributed by atoms with Gasteiger partial charge in [0.25, 0.3) is 0 Å². The van der Waals surface area contributed by atoms with Gasteiger partial charge in [-0.3, -0.25) is 4.99 Å². The standard InChI is InChI=1S/C18H24N2O3/c1-21-16-8-12(9-17(22-2)18(16)23-3)13-10-19-14-6-4-5-7-15(14)20-11-13/h8-11,14-15,19H,4-7H2,1-3H3/p+1. The topological polar surface area (TPSA) is 56.7 Å². The molecule has 1 fully saturated rings. The maximum Gasteiger partial charge on any atom is 0.203 e. The Morgan fingerprint density at radius 1 is 1.00 bits per heavy atom. The molecule has 2 N–H and O–H groups in total. The molecule has 0 bridgehead atoms. The van der Waals surface area contributed by atoms with E-state index >= 15 is 0 Å². The van der Waals surface area contributed by atoms with Crippen molar-refractivity contribution in [3.05, 3.63) is 23.9 Å². The third kappa shape index (κ3) is 3.20. The van der Waals surface area contributed by atoms with Crippen molar-refractivity contribution in [2.45, 2.75) is 37.8 Å². The summed E-state index contributed by atoms with van der Waals surface area (Å²) in [5, 5.41) is 2.31. The maximum absolute atomic E-state index is 5.45. The van der Waals surface area contributed by atoms with Crippen molar-refractivity contribution < 1.29 is 19.5 Å². The van der Waals surface area contributed by atoms with E-state index in [4.69, 9.17) is 19.2 Å². The fraction of sp³-hybridized carbons (Fsp3) is 0.500. The second-order valence-electron chi connectivity index (χ2n) is 6.02. The highest BCUT2D eigenvalue weighted by Crippen LogP contribution is 2.39. The number of quaternary nitrogens is 1. The van der Waals surface area contributed by atoms with Gasteiger partial charge in [-0.2, -0.15) is 0 Å². The molecule has 1 aromatic carbocycles. The minimum atomic E-state index is 0.430. The monoisotopic (exact) mass is 317 g/mol. The molecule has 0 saturated heterocycles. The van der Waals surface area contributed by atoms with Crippen molar-refractivity contribution in [1.82, 2.24) is 0 Å². The summed E-state index contributed by atoms with van der Waals surface area (Å²) in [4.78, 5) is 4.82. The van der Waals surface area contributed by atoms with Crippen molar-refractivity contribution in [2.24, 2.45) is 4.99 Å². The molecule has 1 aliphatic heterocycles. The van der Waals surface area contributed by atoms with Crippen LogP contribution in [0.2, 0.25) is 0 Å². The van der Waals surface area contributed by atoms with E-state index in [9.17, 15) is 0 Å². The Bertz CT molecular complexity index is 600. The zero-order chi connectivity index (χ0) is 16.2. The summed E-state index contributed by atoms with van der Waals surface area (Å²) in [6.45, 7) is 0. The molecular formula is C18H25N2O3+. The number of aliphatic imine (C=N–C) groups is 1. The van der Waals surface area contributed by atoms with Gasteiger partial charge in [0.1, 0.15) is 18.3 Å². The summed E-state index contributed by atoms with van der Waals surface area (Å²) >= 11 is 0. The lowest BCUT2D eigenvalue weighted by Gasteiger charge is -2.24. The van der Waals surface area contributed by atoms with Crippen molar-refractivity contribution in [3.63, 3.8) is 0 Å². The van der Waals surface area contributed by atoms with Crippen molar-refractivity contribution in [2.75, 3.05) is 21.3 Å². The highest BCUT2D eigenvalue weighted by Gasteiger charge is 2.28. The Balaban J connectivity index is 1.96. The molecule has 1 aromatic rings. The highest BCUT2D eigenvalue weighted by atomic mass is 16.5. The summed E-state index contributed by atoms with van der Waals surface area (Å²) < 4.78 is 16.3. The van der Waals surface area contributed by atoms with Gasteiger partial charge in [-0.25, -0.2) is 0 Å². The van der Waals surface area contributed by atoms with Crippen molar-refractivity contribution >= 4 is 11.8 Å². The van der Waals surface area contributed by atoms with Crippen LogP contribution in [0, 0.1) is 0 Å². The van der Waals surface area contributed by atoms with Gasteiger partial charge in [0.15, 0.2) is 11.5 Å². The van der Waals surface area contributed by atoms with Gasteiger partial charge < -0.3 is 19.5 Å². The molecule has 0 radical (unpaired) electrons. The Kier molecular flexibility index (Phi) is 4.86. The van der Waals surface area contributed by atoms with Gasteiger partial charge in [0.2, 0.25) is 5.75 Å². The lowest BCUT2D eigenvalue weighted by Crippen LogP contribution is -2.87. The second-order valence-corrected chi connectivity index (χ2v) is 6.02. The molecule has 0 spiro atoms. The van der Waals surface area contributed by atoms with E-state index in [-0.39, 0.29) is 0 Å². The van der Waals surface area contributed by atoms with Gasteiger partial charge in [0, 0.05) is 12.6 Å².